The summed E-state index contributed by atoms with van der Waals surface area (Å²) in [4.78, 5) is 63.4. The van der Waals surface area contributed by atoms with E-state index in [1.54, 1.807) is 48.2 Å². The maximum Gasteiger partial charge on any atom is 0.324 e. The van der Waals surface area contributed by atoms with Gasteiger partial charge < -0.3 is 5.73 Å². The lowest BCUT2D eigenvalue weighted by Gasteiger charge is -2.49. The largest absolute Gasteiger partial charge is 0.368 e. The van der Waals surface area contributed by atoms with E-state index in [-0.39, 0.29) is 27.5 Å². The third-order valence-electron chi connectivity index (χ3n) is 8.21. The van der Waals surface area contributed by atoms with Gasteiger partial charge in [-0.25, -0.2) is 9.79 Å². The van der Waals surface area contributed by atoms with Crippen molar-refractivity contribution in [3.05, 3.63) is 121 Å². The summed E-state index contributed by atoms with van der Waals surface area (Å²) in [5.74, 6) is -1.16. The van der Waals surface area contributed by atoms with Crippen LogP contribution in [0.4, 0.5) is 10.5 Å². The standard InChI is InChI=1S/C30H25N7O4S/c1-34-28(41)35(2)30(19-13-7-4-8-14-19)29(34,18-11-5-3-6-12-18)32-27-37(33-30)26(40)24(42-27)23-20-15-9-10-16-21(20)36(25(23)39)17-22(31)38/h3-16,33H,17H2,1-2H3,(H2,31,38)/b24-23-. The second-order valence-corrected chi connectivity index (χ2v) is 11.3. The number of aromatic nitrogens is 1. The topological polar surface area (TPSA) is 133 Å². The number of nitrogens with zero attached hydrogens (tertiary/aromatic N) is 5. The molecule has 4 heterocycles. The Hall–Kier alpha value is -5.23. The van der Waals surface area contributed by atoms with Gasteiger partial charge in [0.25, 0.3) is 11.5 Å². The molecule has 3 aromatic carbocycles. The minimum atomic E-state index is -1.34. The lowest BCUT2D eigenvalue weighted by atomic mass is 9.80. The summed E-state index contributed by atoms with van der Waals surface area (Å²) in [7, 11) is 3.37. The highest BCUT2D eigenvalue weighted by atomic mass is 32.1. The third kappa shape index (κ3) is 3.12. The van der Waals surface area contributed by atoms with Gasteiger partial charge in [0, 0.05) is 30.8 Å². The molecule has 1 saturated heterocycles. The number of amides is 4. The van der Waals surface area contributed by atoms with Gasteiger partial charge in [-0.3, -0.25) is 34.5 Å². The molecule has 0 bridgehead atoms. The van der Waals surface area contributed by atoms with Crippen LogP contribution < -0.4 is 31.0 Å². The highest BCUT2D eigenvalue weighted by molar-refractivity contribution is 7.07. The summed E-state index contributed by atoms with van der Waals surface area (Å²) in [6, 6.07) is 25.5. The molecule has 4 aromatic rings. The van der Waals surface area contributed by atoms with Gasteiger partial charge in [0.15, 0.2) is 0 Å². The number of para-hydroxylation sites is 1. The molecule has 2 atom stereocenters. The van der Waals surface area contributed by atoms with Crippen molar-refractivity contribution in [2.75, 3.05) is 31.0 Å². The number of fused-ring (bicyclic) bond motifs is 3. The van der Waals surface area contributed by atoms with E-state index in [0.717, 1.165) is 16.9 Å². The minimum absolute atomic E-state index is 0.161. The number of thiazole rings is 1. The Morgan fingerprint density at radius 2 is 1.50 bits per heavy atom. The molecule has 4 amide bonds. The molecule has 0 radical (unpaired) electrons. The van der Waals surface area contributed by atoms with E-state index in [2.05, 4.69) is 5.43 Å². The number of benzene rings is 3. The van der Waals surface area contributed by atoms with E-state index in [4.69, 9.17) is 10.7 Å². The molecule has 3 N–H and O–H groups in total. The van der Waals surface area contributed by atoms with Crippen molar-refractivity contribution in [3.8, 4) is 0 Å². The van der Waals surface area contributed by atoms with Crippen LogP contribution in [-0.2, 0) is 20.9 Å². The van der Waals surface area contributed by atoms with Crippen LogP contribution in [0.2, 0.25) is 0 Å². The summed E-state index contributed by atoms with van der Waals surface area (Å²) in [6.07, 6.45) is 0. The first-order chi connectivity index (χ1) is 20.2. The first-order valence-corrected chi connectivity index (χ1v) is 14.0. The maximum atomic E-state index is 14.2. The van der Waals surface area contributed by atoms with Crippen molar-refractivity contribution in [1.82, 2.24) is 14.5 Å². The Morgan fingerprint density at radius 1 is 0.881 bits per heavy atom. The zero-order valence-electron chi connectivity index (χ0n) is 22.6. The molecule has 0 aliphatic carbocycles. The van der Waals surface area contributed by atoms with Crippen LogP contribution in [0.15, 0.2) is 94.7 Å². The van der Waals surface area contributed by atoms with Gasteiger partial charge in [-0.2, -0.15) is 4.68 Å². The molecule has 0 saturated carbocycles. The van der Waals surface area contributed by atoms with Crippen LogP contribution in [0.1, 0.15) is 16.7 Å². The summed E-state index contributed by atoms with van der Waals surface area (Å²) in [6.45, 7) is -0.319. The summed E-state index contributed by atoms with van der Waals surface area (Å²) in [5, 5.41) is 0. The molecule has 1 aromatic heterocycles. The molecule has 2 unspecified atom stereocenters. The Kier molecular flexibility index (Phi) is 5.44. The van der Waals surface area contributed by atoms with Crippen molar-refractivity contribution in [2.24, 2.45) is 10.7 Å². The van der Waals surface area contributed by atoms with Gasteiger partial charge in [0.2, 0.25) is 22.0 Å². The predicted octanol–water partition coefficient (Wildman–Crippen LogP) is 0.821. The SMILES string of the molecule is CN1C(=O)N(C)C2(c3ccccc3)Nn3c(s/c(=C4\C(=O)N(CC(N)=O)c5ccccc54)c3=O)=NC12c1ccccc1. The van der Waals surface area contributed by atoms with Gasteiger partial charge in [0.1, 0.15) is 11.1 Å². The van der Waals surface area contributed by atoms with Crippen LogP contribution >= 0.6 is 11.3 Å². The Bertz CT molecular complexity index is 1990. The van der Waals surface area contributed by atoms with Gasteiger partial charge >= 0.3 is 6.03 Å². The van der Waals surface area contributed by atoms with Crippen molar-refractivity contribution in [2.45, 2.75) is 11.3 Å². The molecular weight excluding hydrogens is 554 g/mol. The first-order valence-electron chi connectivity index (χ1n) is 13.2. The van der Waals surface area contributed by atoms with E-state index in [9.17, 15) is 19.2 Å². The van der Waals surface area contributed by atoms with E-state index in [1.807, 2.05) is 60.7 Å². The number of rotatable bonds is 4. The molecular formula is C30H25N7O4S. The number of nitrogens with one attached hydrogen (secondary N) is 1. The molecule has 1 fully saturated rings. The van der Waals surface area contributed by atoms with Gasteiger partial charge in [-0.05, 0) is 6.07 Å². The summed E-state index contributed by atoms with van der Waals surface area (Å²) >= 11 is 1.05. The molecule has 0 spiro atoms. The number of hydrogen-bond acceptors (Lipinski definition) is 7. The number of hydrogen-bond donors (Lipinski definition) is 2. The number of carbonyl (C=O) groups excluding carboxylic acids is 3. The maximum absolute atomic E-state index is 14.2. The molecule has 3 aliphatic rings. The van der Waals surface area contributed by atoms with Gasteiger partial charge in [-0.1, -0.05) is 90.2 Å². The fraction of sp³-hybridized carbons (Fsp3) is 0.167. The number of urea groups is 1. The lowest BCUT2D eigenvalue weighted by molar-refractivity contribution is -0.119. The molecule has 12 heteroatoms. The van der Waals surface area contributed by atoms with E-state index < -0.39 is 28.7 Å². The number of carbonyl (C=O) groups is 3. The summed E-state index contributed by atoms with van der Waals surface area (Å²) < 4.78 is 1.48. The van der Waals surface area contributed by atoms with Crippen LogP contribution in [0, 0.1) is 0 Å². The summed E-state index contributed by atoms with van der Waals surface area (Å²) in [5.41, 5.74) is 8.35. The fourth-order valence-electron chi connectivity index (χ4n) is 6.38. The Labute approximate surface area is 243 Å². The first kappa shape index (κ1) is 25.7. The predicted molar refractivity (Wildman–Crippen MR) is 156 cm³/mol. The second-order valence-electron chi connectivity index (χ2n) is 10.3. The van der Waals surface area contributed by atoms with Crippen LogP contribution in [0.5, 0.6) is 0 Å². The van der Waals surface area contributed by atoms with Crippen molar-refractivity contribution in [3.63, 3.8) is 0 Å². The number of nitrogens with two attached hydrogens (primary N) is 1. The zero-order valence-corrected chi connectivity index (χ0v) is 23.5. The zero-order chi connectivity index (χ0) is 29.4. The number of likely N-dealkylation sites (N-methyl/N-ethyl adjacent to an activating group) is 2. The van der Waals surface area contributed by atoms with Crippen LogP contribution in [0.25, 0.3) is 5.57 Å². The lowest BCUT2D eigenvalue weighted by Crippen LogP contribution is -2.67. The second kappa shape index (κ2) is 8.88. The molecule has 11 nitrogen and oxygen atoms in total. The van der Waals surface area contributed by atoms with E-state index in [1.165, 1.54) is 9.58 Å². The van der Waals surface area contributed by atoms with E-state index >= 15 is 0 Å². The highest BCUT2D eigenvalue weighted by Crippen LogP contribution is 2.53. The highest BCUT2D eigenvalue weighted by Gasteiger charge is 2.69. The van der Waals surface area contributed by atoms with Gasteiger partial charge in [0.05, 0.1) is 11.3 Å². The normalized spacial score (nSPS) is 23.7. The fourth-order valence-corrected chi connectivity index (χ4v) is 7.44. The van der Waals surface area contributed by atoms with Crippen molar-refractivity contribution in [1.29, 1.82) is 0 Å². The van der Waals surface area contributed by atoms with E-state index in [0.29, 0.717) is 16.8 Å². The average molecular weight is 580 g/mol. The number of anilines is 1. The average Bonchev–Trinajstić information content (AvgIpc) is 3.52. The van der Waals surface area contributed by atoms with Gasteiger partial charge in [-0.15, -0.1) is 0 Å². The Balaban J connectivity index is 1.58. The van der Waals surface area contributed by atoms with Crippen LogP contribution in [0.3, 0.4) is 0 Å². The molecule has 3 aliphatic heterocycles. The monoisotopic (exact) mass is 579 g/mol. The molecule has 210 valence electrons. The quantitative estimate of drug-likeness (QED) is 0.370. The minimum Gasteiger partial charge on any atom is -0.368 e. The molecule has 42 heavy (non-hydrogen) atoms. The van der Waals surface area contributed by atoms with Crippen molar-refractivity contribution < 1.29 is 14.4 Å². The van der Waals surface area contributed by atoms with Crippen molar-refractivity contribution >= 4 is 40.4 Å². The Morgan fingerprint density at radius 3 is 2.17 bits per heavy atom. The number of primary amides is 1. The smallest absolute Gasteiger partial charge is 0.324 e. The third-order valence-corrected chi connectivity index (χ3v) is 9.25. The van der Waals surface area contributed by atoms with Crippen LogP contribution in [-0.4, -0.2) is 53.0 Å². The molecule has 7 rings (SSSR count).